The lowest BCUT2D eigenvalue weighted by Crippen LogP contribution is -2.72. The van der Waals surface area contributed by atoms with Crippen LogP contribution in [0.3, 0.4) is 0 Å². The van der Waals surface area contributed by atoms with E-state index in [1.165, 1.54) is 92.5 Å². The van der Waals surface area contributed by atoms with Crippen LogP contribution in [0.4, 0.5) is 0 Å². The molecule has 3 saturated heterocycles. The Labute approximate surface area is 561 Å². The average Bonchev–Trinajstić information content (AvgIpc) is 0.757. The first kappa shape index (κ1) is 82.0. The summed E-state index contributed by atoms with van der Waals surface area (Å²) in [5, 5.41) is 12.1. The SMILES string of the molecule is C/C=C/C[C@@H](C)[C@H]1ON2C(=O)C(C(C)C)N(C)C(=O)[C@H](CC(C)C)N(C)C(=O)[C@H](CC(C)C)N(C)C(=O)[C@@H](C)NC(=O)[C@H](C)NC(=O)[C@H](CC(C)C)N(C)C(=O)[C@H](C(C)C)NC(=O)C([C@@H](C)OCCCCN3CCOCC3)N(C)C(=O)[C@@H](C)N(C)C(=O)[C@H](CC)NC(=O)[C@H]12. The van der Waals surface area contributed by atoms with Crippen molar-refractivity contribution in [2.24, 2.45) is 35.5 Å². The van der Waals surface area contributed by atoms with Crippen molar-refractivity contribution >= 4 is 65.0 Å². The fraction of sp³-hybridized carbons (Fsp3) is 0.809. The number of amides is 11. The lowest BCUT2D eigenvalue weighted by Gasteiger charge is -2.50. The second kappa shape index (κ2) is 37.9. The molecule has 0 spiro atoms. The molecule has 2 unspecified atom stereocenters. The number of carbonyl (C=O) groups is 11. The van der Waals surface area contributed by atoms with E-state index in [0.717, 1.165) is 31.1 Å². The number of nitrogens with one attached hydrogen (secondary N) is 4. The lowest BCUT2D eigenvalue weighted by molar-refractivity contribution is -0.321. The standard InChI is InChI=1S/C68H120N12O14/c1-24-26-29-44(13)57-56-61(84)71-49(25-2)64(87)73(18)47(16)63(86)78(23)55(48(17)93-33-28-27-30-79-31-34-92-35-32-79)60(83)72-53(42(9)10)67(90)74(19)50(36-39(3)4)59(82)69-45(14)58(81)70-46(15)62(85)75(20)51(37-40(5)6)65(88)76(21)52(38-41(7)8)66(89)77(22)54(43(11)12)68(91)80(56)94-57/h24,26,39-57H,25,27-38H2,1-23H3,(H,69,82)(H,70,81)(H,71,84)(H,72,83)/b26-24+/t44-,45+,46-,47-,48-,49+,50+,51+,52+,53+,54?,55?,56+,57-/m1/s1. The zero-order valence-electron chi connectivity index (χ0n) is 61.1. The summed E-state index contributed by atoms with van der Waals surface area (Å²) in [7, 11) is 8.66. The molecular weight excluding hydrogens is 1210 g/mol. The van der Waals surface area contributed by atoms with E-state index < -0.39 is 155 Å². The third kappa shape index (κ3) is 21.9. The third-order valence-corrected chi connectivity index (χ3v) is 18.5. The number of morpholine rings is 1. The van der Waals surface area contributed by atoms with Crippen LogP contribution in [-0.2, 0) is 67.1 Å². The Morgan fingerprint density at radius 1 is 0.521 bits per heavy atom. The summed E-state index contributed by atoms with van der Waals surface area (Å²) in [6.45, 7) is 33.6. The van der Waals surface area contributed by atoms with Gasteiger partial charge in [-0.2, -0.15) is 0 Å². The molecule has 0 aromatic carbocycles. The number of fused-ring (bicyclic) bond motifs is 1. The fourth-order valence-corrected chi connectivity index (χ4v) is 12.4. The highest BCUT2D eigenvalue weighted by molar-refractivity contribution is 6.00. The van der Waals surface area contributed by atoms with Gasteiger partial charge < -0.3 is 60.1 Å². The van der Waals surface area contributed by atoms with Crippen molar-refractivity contribution in [3.63, 3.8) is 0 Å². The van der Waals surface area contributed by atoms with E-state index in [9.17, 15) is 33.6 Å². The highest BCUT2D eigenvalue weighted by Crippen LogP contribution is 2.34. The molecule has 14 atom stereocenters. The lowest BCUT2D eigenvalue weighted by atomic mass is 9.90. The molecule has 3 aliphatic rings. The molecule has 4 N–H and O–H groups in total. The van der Waals surface area contributed by atoms with Crippen LogP contribution in [0.1, 0.15) is 163 Å². The second-order valence-corrected chi connectivity index (χ2v) is 28.3. The van der Waals surface area contributed by atoms with Gasteiger partial charge in [0.15, 0.2) is 6.04 Å². The summed E-state index contributed by atoms with van der Waals surface area (Å²) in [6, 6.07) is -13.6. The van der Waals surface area contributed by atoms with Crippen molar-refractivity contribution in [1.82, 2.24) is 60.6 Å². The largest absolute Gasteiger partial charge is 0.379 e. The molecule has 0 bridgehead atoms. The predicted octanol–water partition coefficient (Wildman–Crippen LogP) is 3.45. The summed E-state index contributed by atoms with van der Waals surface area (Å²) in [4.78, 5) is 179. The Morgan fingerprint density at radius 2 is 1.03 bits per heavy atom. The summed E-state index contributed by atoms with van der Waals surface area (Å²) in [5.74, 6) is -9.28. The maximum Gasteiger partial charge on any atom is 0.270 e. The van der Waals surface area contributed by atoms with Gasteiger partial charge in [-0.05, 0) is 122 Å². The van der Waals surface area contributed by atoms with Crippen LogP contribution in [0, 0.1) is 35.5 Å². The molecule has 26 heteroatoms. The number of unbranched alkanes of at least 4 members (excludes halogenated alkanes) is 1. The zero-order chi connectivity index (χ0) is 71.5. The highest BCUT2D eigenvalue weighted by atomic mass is 16.7. The summed E-state index contributed by atoms with van der Waals surface area (Å²) < 4.78 is 11.9. The number of nitrogens with zero attached hydrogens (tertiary/aromatic N) is 8. The van der Waals surface area contributed by atoms with Gasteiger partial charge in [0, 0.05) is 62.0 Å². The minimum absolute atomic E-state index is 0.0521. The van der Waals surface area contributed by atoms with Crippen LogP contribution in [-0.4, -0.2) is 265 Å². The first-order chi connectivity index (χ1) is 43.9. The molecule has 0 saturated carbocycles. The molecule has 26 nitrogen and oxygen atoms in total. The molecule has 0 aromatic rings. The molecular formula is C68H120N12O14. The van der Waals surface area contributed by atoms with E-state index in [1.807, 2.05) is 67.5 Å². The molecule has 0 aromatic heterocycles. The maximum absolute atomic E-state index is 15.2. The van der Waals surface area contributed by atoms with Crippen LogP contribution in [0.2, 0.25) is 0 Å². The fourth-order valence-electron chi connectivity index (χ4n) is 12.4. The minimum Gasteiger partial charge on any atom is -0.379 e. The normalized spacial score (nSPS) is 28.6. The Balaban J connectivity index is 2.28. The summed E-state index contributed by atoms with van der Waals surface area (Å²) in [6.07, 6.45) is 4.32. The summed E-state index contributed by atoms with van der Waals surface area (Å²) >= 11 is 0. The van der Waals surface area contributed by atoms with Crippen LogP contribution < -0.4 is 21.3 Å². The van der Waals surface area contributed by atoms with Gasteiger partial charge in [-0.3, -0.25) is 62.5 Å². The molecule has 0 radical (unpaired) electrons. The quantitative estimate of drug-likeness (QED) is 0.106. The topological polar surface area (TPSA) is 289 Å². The van der Waals surface area contributed by atoms with Gasteiger partial charge in [0.2, 0.25) is 59.1 Å². The Hall–Kier alpha value is -6.25. The predicted molar refractivity (Wildman–Crippen MR) is 358 cm³/mol. The Morgan fingerprint density at radius 3 is 1.55 bits per heavy atom. The molecule has 0 aliphatic carbocycles. The molecule has 3 aliphatic heterocycles. The molecule has 536 valence electrons. The molecule has 94 heavy (non-hydrogen) atoms. The summed E-state index contributed by atoms with van der Waals surface area (Å²) in [5.41, 5.74) is 0. The van der Waals surface area contributed by atoms with Crippen molar-refractivity contribution < 1.29 is 67.1 Å². The van der Waals surface area contributed by atoms with Crippen molar-refractivity contribution in [3.05, 3.63) is 12.2 Å². The number of likely N-dealkylation sites (N-methyl/N-ethyl adjacent to an activating group) is 6. The molecule has 11 amide bonds. The molecule has 3 rings (SSSR count). The number of rotatable bonds is 19. The number of hydroxylamine groups is 2. The third-order valence-electron chi connectivity index (χ3n) is 18.5. The number of hydrogen-bond donors (Lipinski definition) is 4. The van der Waals surface area contributed by atoms with Gasteiger partial charge in [-0.15, -0.1) is 0 Å². The highest BCUT2D eigenvalue weighted by Gasteiger charge is 2.55. The van der Waals surface area contributed by atoms with E-state index >= 15 is 19.2 Å². The van der Waals surface area contributed by atoms with Crippen LogP contribution in [0.5, 0.6) is 0 Å². The van der Waals surface area contributed by atoms with Crippen molar-refractivity contribution in [3.8, 4) is 0 Å². The average molecular weight is 1330 g/mol. The maximum atomic E-state index is 15.2. The minimum atomic E-state index is -1.38. The van der Waals surface area contributed by atoms with Crippen LogP contribution in [0.25, 0.3) is 0 Å². The number of carbonyl (C=O) groups excluding carboxylic acids is 11. The van der Waals surface area contributed by atoms with Crippen LogP contribution >= 0.6 is 0 Å². The van der Waals surface area contributed by atoms with Crippen molar-refractivity contribution in [1.29, 1.82) is 0 Å². The van der Waals surface area contributed by atoms with Crippen LogP contribution in [0.15, 0.2) is 12.2 Å². The smallest absolute Gasteiger partial charge is 0.270 e. The first-order valence-corrected chi connectivity index (χ1v) is 34.2. The van der Waals surface area contributed by atoms with E-state index in [1.54, 1.807) is 41.5 Å². The molecule has 3 heterocycles. The number of hydrogen-bond acceptors (Lipinski definition) is 15. The second-order valence-electron chi connectivity index (χ2n) is 28.3. The van der Waals surface area contributed by atoms with Gasteiger partial charge in [0.05, 0.1) is 19.3 Å². The van der Waals surface area contributed by atoms with E-state index in [-0.39, 0.29) is 56.0 Å². The Kier molecular flexibility index (Phi) is 33.0. The van der Waals surface area contributed by atoms with E-state index in [4.69, 9.17) is 14.3 Å². The van der Waals surface area contributed by atoms with Gasteiger partial charge in [0.1, 0.15) is 66.5 Å². The van der Waals surface area contributed by atoms with E-state index in [0.29, 0.717) is 26.1 Å². The van der Waals surface area contributed by atoms with Crippen molar-refractivity contribution in [2.75, 3.05) is 81.7 Å². The monoisotopic (exact) mass is 1330 g/mol. The van der Waals surface area contributed by atoms with Gasteiger partial charge in [0.25, 0.3) is 5.91 Å². The van der Waals surface area contributed by atoms with Gasteiger partial charge in [-0.25, -0.2) is 5.06 Å². The zero-order valence-corrected chi connectivity index (χ0v) is 61.1. The molecule has 3 fully saturated rings. The van der Waals surface area contributed by atoms with Gasteiger partial charge in [-0.1, -0.05) is 95.2 Å². The van der Waals surface area contributed by atoms with Gasteiger partial charge >= 0.3 is 0 Å². The Bertz CT molecular complexity index is 2600. The number of ether oxygens (including phenoxy) is 2. The first-order valence-electron chi connectivity index (χ1n) is 34.2. The van der Waals surface area contributed by atoms with E-state index in [2.05, 4.69) is 26.2 Å². The number of allylic oxidation sites excluding steroid dienone is 2. The van der Waals surface area contributed by atoms with Crippen molar-refractivity contribution in [2.45, 2.75) is 241 Å².